The molecule has 3 rings (SSSR count). The van der Waals surface area contributed by atoms with Crippen molar-refractivity contribution in [2.75, 3.05) is 37.8 Å². The molecule has 1 aliphatic rings. The van der Waals surface area contributed by atoms with Gasteiger partial charge in [-0.25, -0.2) is 19.3 Å². The number of hydrogen-bond acceptors (Lipinski definition) is 24. The van der Waals surface area contributed by atoms with Crippen molar-refractivity contribution >= 4 is 75.1 Å². The third kappa shape index (κ3) is 15.5. The molecule has 320 valence electrons. The zero-order valence-corrected chi connectivity index (χ0v) is 33.3. The lowest BCUT2D eigenvalue weighted by Crippen LogP contribution is -2.46. The van der Waals surface area contributed by atoms with Gasteiger partial charge >= 0.3 is 0 Å². The number of ether oxygens (including phenoxy) is 1. The van der Waals surface area contributed by atoms with E-state index in [4.69, 9.17) is 10.5 Å². The molecule has 2 aromatic heterocycles. The number of carboxylic acids is 1. The third-order valence-electron chi connectivity index (χ3n) is 7.48. The number of aliphatic hydroxyl groups excluding tert-OH is 2. The number of nitrogens with one attached hydrogen (secondary N) is 2. The smallest absolute Gasteiger partial charge is 0.274 e. The molecule has 6 N–H and O–H groups in total. The molecule has 0 aliphatic carbocycles. The Bertz CT molecular complexity index is 1930. The molecule has 26 nitrogen and oxygen atoms in total. The topological polar surface area (TPSA) is 415 Å². The molecule has 0 aromatic carbocycles. The van der Waals surface area contributed by atoms with E-state index < -0.39 is 90.5 Å². The summed E-state index contributed by atoms with van der Waals surface area (Å²) in [6, 6.07) is 0. The SMILES string of the molecule is CC(C)(COP(=O)([O-])OP(=O)([O-])OCC1OC(n2cnc3c(N)ncnc32)C(O)C1OP(=O)([O-])[O-])C(O)C(=O)NCCC(=O)NCCSC(=O)C/C=C\CC(=O)[O-]. The molecule has 57 heavy (non-hydrogen) atoms. The van der Waals surface area contributed by atoms with E-state index in [9.17, 15) is 67.8 Å². The summed E-state index contributed by atoms with van der Waals surface area (Å²) in [5.41, 5.74) is 4.01. The van der Waals surface area contributed by atoms with Crippen LogP contribution in [-0.4, -0.2) is 109 Å². The number of fused-ring (bicyclic) bond motifs is 1. The van der Waals surface area contributed by atoms with Crippen LogP contribution >= 0.6 is 35.2 Å². The molecule has 1 aliphatic heterocycles. The van der Waals surface area contributed by atoms with Gasteiger partial charge in [0, 0.05) is 49.5 Å². The molecule has 30 heteroatoms. The first-order chi connectivity index (χ1) is 26.4. The van der Waals surface area contributed by atoms with E-state index in [2.05, 4.69) is 43.5 Å². The van der Waals surface area contributed by atoms with E-state index >= 15 is 0 Å². The van der Waals surface area contributed by atoms with Gasteiger partial charge in [0.1, 0.15) is 36.3 Å². The van der Waals surface area contributed by atoms with Crippen LogP contribution in [0.25, 0.3) is 11.2 Å². The summed E-state index contributed by atoms with van der Waals surface area (Å²) in [5, 5.41) is 36.1. The zero-order chi connectivity index (χ0) is 42.8. The van der Waals surface area contributed by atoms with E-state index in [1.807, 2.05) is 0 Å². The minimum Gasteiger partial charge on any atom is -0.790 e. The highest BCUT2D eigenvalue weighted by Gasteiger charge is 2.47. The summed E-state index contributed by atoms with van der Waals surface area (Å²) in [7, 11) is -17.6. The number of nitrogens with two attached hydrogens (primary N) is 1. The van der Waals surface area contributed by atoms with Crippen LogP contribution in [0.4, 0.5) is 5.82 Å². The van der Waals surface area contributed by atoms with Crippen LogP contribution in [0.15, 0.2) is 24.8 Å². The van der Waals surface area contributed by atoms with Gasteiger partial charge in [-0.1, -0.05) is 37.8 Å². The minimum atomic E-state index is -5.93. The average Bonchev–Trinajstić information content (AvgIpc) is 3.66. The Balaban J connectivity index is 1.46. The number of nitrogens with zero attached hydrogens (tertiary/aromatic N) is 4. The van der Waals surface area contributed by atoms with Gasteiger partial charge in [0.15, 0.2) is 22.8 Å². The number of phosphoric acid groups is 3. The molecule has 0 radical (unpaired) electrons. The number of aliphatic carboxylic acids is 1. The van der Waals surface area contributed by atoms with Gasteiger partial charge in [-0.05, 0) is 0 Å². The summed E-state index contributed by atoms with van der Waals surface area (Å²) >= 11 is 0.903. The highest BCUT2D eigenvalue weighted by atomic mass is 32.2. The number of thioether (sulfide) groups is 1. The van der Waals surface area contributed by atoms with Gasteiger partial charge in [-0.15, -0.1) is 0 Å². The standard InChI is InChI=1S/C27H42N7O19P3S/c1-27(2,22(40)25(41)30-8-7-16(35)29-9-10-57-18(38)6-4-3-5-17(36)37)12-50-56(47,48)53-55(45,46)49-11-15-21(52-54(42,43)44)20(39)26(51-15)34-14-33-19-23(28)31-13-32-24(19)34/h3-4,13-15,20-22,26,39-40H,5-12H2,1-2H3,(H,29,35)(H,30,41)(H,36,37)(H,45,46)(H,47,48)(H2,28,31,32)(H2,42,43,44)/p-5/b4-3-. The maximum Gasteiger partial charge on any atom is 0.274 e. The quantitative estimate of drug-likeness (QED) is 0.0397. The lowest BCUT2D eigenvalue weighted by atomic mass is 9.87. The van der Waals surface area contributed by atoms with Crippen LogP contribution in [0, 0.1) is 5.41 Å². The van der Waals surface area contributed by atoms with E-state index in [0.717, 1.165) is 29.0 Å². The fourth-order valence-electron chi connectivity index (χ4n) is 4.69. The first kappa shape index (κ1) is 48.1. The Morgan fingerprint density at radius 1 is 1.05 bits per heavy atom. The molecule has 7 atom stereocenters. The Morgan fingerprint density at radius 3 is 2.39 bits per heavy atom. The number of anilines is 1. The number of carboxylic acid groups (broad SMARTS) is 1. The Hall–Kier alpha value is -3.23. The molecule has 2 amide bonds. The fraction of sp³-hybridized carbons (Fsp3) is 0.593. The number of nitrogen functional groups attached to an aromatic ring is 1. The number of imidazole rings is 1. The number of rotatable bonds is 23. The van der Waals surface area contributed by atoms with Crippen molar-refractivity contribution in [2.24, 2.45) is 5.41 Å². The van der Waals surface area contributed by atoms with Crippen molar-refractivity contribution in [2.45, 2.75) is 63.8 Å². The number of phosphoric ester groups is 3. The van der Waals surface area contributed by atoms with Crippen LogP contribution < -0.4 is 41.0 Å². The van der Waals surface area contributed by atoms with Crippen molar-refractivity contribution in [3.05, 3.63) is 24.8 Å². The van der Waals surface area contributed by atoms with E-state index in [1.54, 1.807) is 0 Å². The van der Waals surface area contributed by atoms with E-state index in [-0.39, 0.29) is 60.2 Å². The predicted octanol–water partition coefficient (Wildman–Crippen LogP) is -4.78. The second-order valence-electron chi connectivity index (χ2n) is 12.5. The van der Waals surface area contributed by atoms with Gasteiger partial charge in [0.2, 0.25) is 11.8 Å². The number of allylic oxidation sites excluding steroid dienone is 1. The molecule has 0 bridgehead atoms. The minimum absolute atomic E-state index is 0.0156. The van der Waals surface area contributed by atoms with Gasteiger partial charge in [-0.3, -0.25) is 28.1 Å². The predicted molar refractivity (Wildman–Crippen MR) is 182 cm³/mol. The summed E-state index contributed by atoms with van der Waals surface area (Å²) in [6.45, 7) is -0.154. The molecule has 1 fully saturated rings. The van der Waals surface area contributed by atoms with Crippen LogP contribution in [0.5, 0.6) is 0 Å². The van der Waals surface area contributed by atoms with E-state index in [1.165, 1.54) is 26.0 Å². The lowest BCUT2D eigenvalue weighted by molar-refractivity contribution is -0.347. The van der Waals surface area contributed by atoms with Crippen LogP contribution in [0.2, 0.25) is 0 Å². The van der Waals surface area contributed by atoms with Crippen LogP contribution in [0.3, 0.4) is 0 Å². The number of carbonyl (C=O) groups excluding carboxylic acids is 4. The Morgan fingerprint density at radius 2 is 1.72 bits per heavy atom. The molecule has 7 unspecified atom stereocenters. The monoisotopic (exact) mass is 888 g/mol. The van der Waals surface area contributed by atoms with Gasteiger partial charge in [0.05, 0.1) is 27.4 Å². The maximum atomic E-state index is 12.5. The van der Waals surface area contributed by atoms with Gasteiger partial charge in [-0.2, -0.15) is 0 Å². The van der Waals surface area contributed by atoms with Crippen molar-refractivity contribution in [1.82, 2.24) is 30.2 Å². The first-order valence-electron chi connectivity index (χ1n) is 16.2. The lowest BCUT2D eigenvalue weighted by Gasteiger charge is -2.36. The number of aliphatic hydroxyl groups is 2. The van der Waals surface area contributed by atoms with Crippen molar-refractivity contribution in [1.29, 1.82) is 0 Å². The van der Waals surface area contributed by atoms with E-state index in [0.29, 0.717) is 0 Å². The molecule has 3 heterocycles. The molecule has 0 saturated carbocycles. The van der Waals surface area contributed by atoms with Gasteiger partial charge < -0.3 is 78.9 Å². The summed E-state index contributed by atoms with van der Waals surface area (Å²) in [6.07, 6.45) is -5.44. The zero-order valence-electron chi connectivity index (χ0n) is 29.8. The fourth-order valence-corrected chi connectivity index (χ4v) is 8.07. The van der Waals surface area contributed by atoms with Crippen molar-refractivity contribution < 1.29 is 90.4 Å². The van der Waals surface area contributed by atoms with Gasteiger partial charge in [0.25, 0.3) is 15.6 Å². The van der Waals surface area contributed by atoms with Crippen molar-refractivity contribution in [3.63, 3.8) is 0 Å². The number of aromatic nitrogens is 4. The largest absolute Gasteiger partial charge is 0.790 e. The van der Waals surface area contributed by atoms with Crippen LogP contribution in [0.1, 0.15) is 39.3 Å². The molecule has 0 spiro atoms. The number of hydrogen-bond donors (Lipinski definition) is 5. The van der Waals surface area contributed by atoms with Crippen LogP contribution in [-0.2, 0) is 55.5 Å². The van der Waals surface area contributed by atoms with Crippen molar-refractivity contribution in [3.8, 4) is 0 Å². The second kappa shape index (κ2) is 20.6. The number of carbonyl (C=O) groups is 4. The Kier molecular flexibility index (Phi) is 17.4. The molecule has 2 aromatic rings. The first-order valence-corrected chi connectivity index (χ1v) is 21.6. The normalized spacial score (nSPS) is 21.5. The molecular formula is C27H37N7O19P3S-5. The number of amides is 2. The maximum absolute atomic E-state index is 12.5. The summed E-state index contributed by atoms with van der Waals surface area (Å²) < 4.78 is 60.3. The average molecular weight is 889 g/mol. The highest BCUT2D eigenvalue weighted by Crippen LogP contribution is 2.56. The molecule has 1 saturated heterocycles. The Labute approximate surface area is 327 Å². The summed E-state index contributed by atoms with van der Waals surface area (Å²) in [4.78, 5) is 106. The second-order valence-corrected chi connectivity index (χ2v) is 17.7. The summed E-state index contributed by atoms with van der Waals surface area (Å²) in [5.74, 6) is -2.74. The highest BCUT2D eigenvalue weighted by molar-refractivity contribution is 8.13. The molecular weight excluding hydrogens is 851 g/mol. The third-order valence-corrected chi connectivity index (χ3v) is 11.4.